The van der Waals surface area contributed by atoms with Crippen LogP contribution in [0.15, 0.2) is 36.9 Å². The van der Waals surface area contributed by atoms with Crippen LogP contribution in [-0.4, -0.2) is 17.5 Å². The Balaban J connectivity index is 2.24. The molecule has 0 bridgehead atoms. The van der Waals surface area contributed by atoms with Gasteiger partial charge in [-0.15, -0.1) is 6.58 Å². The first-order valence-corrected chi connectivity index (χ1v) is 7.51. The number of hydrogen-bond donors (Lipinski definition) is 2. The van der Waals surface area contributed by atoms with Crippen molar-refractivity contribution in [1.29, 1.82) is 0 Å². The molecule has 5 nitrogen and oxygen atoms in total. The Morgan fingerprint density at radius 3 is 2.88 bits per heavy atom. The Hall–Kier alpha value is -2.89. The van der Waals surface area contributed by atoms with Gasteiger partial charge in [0.1, 0.15) is 5.82 Å². The number of aromatic nitrogens is 1. The molecule has 0 fully saturated rings. The predicted octanol–water partition coefficient (Wildman–Crippen LogP) is 3.63. The van der Waals surface area contributed by atoms with Crippen molar-refractivity contribution in [3.8, 4) is 5.75 Å². The zero-order chi connectivity index (χ0) is 17.7. The highest BCUT2D eigenvalue weighted by atomic mass is 19.1. The summed E-state index contributed by atoms with van der Waals surface area (Å²) in [5.74, 6) is -0.962. The molecule has 0 aliphatic heterocycles. The lowest BCUT2D eigenvalue weighted by Crippen LogP contribution is -2.18. The van der Waals surface area contributed by atoms with E-state index in [2.05, 4.69) is 16.9 Å². The number of nitrogens with one attached hydrogen (secondary N) is 1. The van der Waals surface area contributed by atoms with E-state index >= 15 is 0 Å². The Morgan fingerprint density at radius 2 is 2.21 bits per heavy atom. The fourth-order valence-electron chi connectivity index (χ4n) is 2.32. The van der Waals surface area contributed by atoms with Crippen molar-refractivity contribution < 1.29 is 13.9 Å². The zero-order valence-electron chi connectivity index (χ0n) is 13.7. The second-order valence-electron chi connectivity index (χ2n) is 5.34. The van der Waals surface area contributed by atoms with Crippen LogP contribution in [0, 0.1) is 19.7 Å². The predicted molar refractivity (Wildman–Crippen MR) is 92.8 cm³/mol. The number of rotatable bonds is 6. The van der Waals surface area contributed by atoms with Crippen molar-refractivity contribution in [2.75, 3.05) is 17.7 Å². The number of carbonyl (C=O) groups excluding carboxylic acids is 1. The smallest absolute Gasteiger partial charge is 0.259 e. The lowest BCUT2D eigenvalue weighted by Gasteiger charge is -2.13. The Bertz CT molecular complexity index is 752. The van der Waals surface area contributed by atoms with E-state index in [0.29, 0.717) is 24.3 Å². The molecule has 6 heteroatoms. The normalized spacial score (nSPS) is 10.3. The average molecular weight is 329 g/mol. The molecule has 1 aromatic heterocycles. The number of pyridine rings is 1. The number of nitrogens with two attached hydrogens (primary N) is 1. The Morgan fingerprint density at radius 1 is 1.46 bits per heavy atom. The van der Waals surface area contributed by atoms with Gasteiger partial charge in [0, 0.05) is 5.69 Å². The number of aryl methyl sites for hydroxylation is 2. The molecule has 126 valence electrons. The van der Waals surface area contributed by atoms with Gasteiger partial charge >= 0.3 is 0 Å². The standard InChI is InChI=1S/C18H20FN3O2/c1-4-5-9-24-14-8-6-7-13(16(14)19)22-18(23)15-11(2)10-12(3)21-17(15)20/h4,6-8,10H,1,5,9H2,2-3H3,(H2,20,21)(H,22,23). The summed E-state index contributed by atoms with van der Waals surface area (Å²) >= 11 is 0. The second kappa shape index (κ2) is 7.59. The van der Waals surface area contributed by atoms with Gasteiger partial charge < -0.3 is 15.8 Å². The van der Waals surface area contributed by atoms with Gasteiger partial charge in [0.2, 0.25) is 0 Å². The molecule has 1 amide bonds. The van der Waals surface area contributed by atoms with E-state index in [0.717, 1.165) is 0 Å². The topological polar surface area (TPSA) is 77.2 Å². The van der Waals surface area contributed by atoms with Crippen LogP contribution in [0.25, 0.3) is 0 Å². The molecule has 1 aromatic carbocycles. The summed E-state index contributed by atoms with van der Waals surface area (Å²) in [6, 6.07) is 6.31. The van der Waals surface area contributed by atoms with E-state index in [1.807, 2.05) is 0 Å². The zero-order valence-corrected chi connectivity index (χ0v) is 13.7. The van der Waals surface area contributed by atoms with Crippen LogP contribution in [0.2, 0.25) is 0 Å². The number of carbonyl (C=O) groups is 1. The minimum atomic E-state index is -0.633. The molecule has 0 unspecified atom stereocenters. The van der Waals surface area contributed by atoms with Gasteiger partial charge in [-0.25, -0.2) is 9.37 Å². The molecule has 2 rings (SSSR count). The molecule has 0 saturated heterocycles. The number of hydrogen-bond acceptors (Lipinski definition) is 4. The van der Waals surface area contributed by atoms with Crippen molar-refractivity contribution in [2.24, 2.45) is 0 Å². The molecule has 3 N–H and O–H groups in total. The molecule has 0 aliphatic carbocycles. The fourth-order valence-corrected chi connectivity index (χ4v) is 2.32. The van der Waals surface area contributed by atoms with Crippen molar-refractivity contribution in [2.45, 2.75) is 20.3 Å². The summed E-state index contributed by atoms with van der Waals surface area (Å²) in [5.41, 5.74) is 7.47. The molecule has 2 aromatic rings. The second-order valence-corrected chi connectivity index (χ2v) is 5.34. The third-order valence-corrected chi connectivity index (χ3v) is 3.39. The largest absolute Gasteiger partial charge is 0.490 e. The fraction of sp³-hybridized carbons (Fsp3) is 0.222. The van der Waals surface area contributed by atoms with Gasteiger partial charge in [-0.05, 0) is 44.0 Å². The summed E-state index contributed by atoms with van der Waals surface area (Å²) in [4.78, 5) is 16.5. The number of anilines is 2. The molecule has 0 atom stereocenters. The lowest BCUT2D eigenvalue weighted by atomic mass is 10.1. The highest BCUT2D eigenvalue weighted by Gasteiger charge is 2.18. The molecule has 0 aliphatic rings. The molecule has 0 spiro atoms. The van der Waals surface area contributed by atoms with Crippen LogP contribution in [0.3, 0.4) is 0 Å². The number of nitrogen functional groups attached to an aromatic ring is 1. The van der Waals surface area contributed by atoms with Crippen LogP contribution < -0.4 is 15.8 Å². The highest BCUT2D eigenvalue weighted by Crippen LogP contribution is 2.26. The first-order chi connectivity index (χ1) is 11.4. The SMILES string of the molecule is C=CCCOc1cccc(NC(=O)c2c(C)cc(C)nc2N)c1F. The van der Waals surface area contributed by atoms with Gasteiger partial charge in [-0.3, -0.25) is 4.79 Å². The summed E-state index contributed by atoms with van der Waals surface area (Å²) < 4.78 is 19.8. The number of benzene rings is 1. The van der Waals surface area contributed by atoms with Crippen molar-refractivity contribution in [3.05, 3.63) is 59.6 Å². The third kappa shape index (κ3) is 3.90. The maximum atomic E-state index is 14.4. The summed E-state index contributed by atoms with van der Waals surface area (Å²) in [7, 11) is 0. The minimum Gasteiger partial charge on any atom is -0.490 e. The number of halogens is 1. The molecular weight excluding hydrogens is 309 g/mol. The van der Waals surface area contributed by atoms with Gasteiger partial charge in [0.15, 0.2) is 11.6 Å². The van der Waals surface area contributed by atoms with Crippen molar-refractivity contribution in [1.82, 2.24) is 4.98 Å². The van der Waals surface area contributed by atoms with Crippen LogP contribution in [0.5, 0.6) is 5.75 Å². The van der Waals surface area contributed by atoms with Crippen LogP contribution in [-0.2, 0) is 0 Å². The van der Waals surface area contributed by atoms with E-state index in [-0.39, 0.29) is 22.8 Å². The highest BCUT2D eigenvalue weighted by molar-refractivity contribution is 6.08. The molecule has 0 saturated carbocycles. The van der Waals surface area contributed by atoms with E-state index in [9.17, 15) is 9.18 Å². The van der Waals surface area contributed by atoms with Gasteiger partial charge in [0.05, 0.1) is 17.9 Å². The first kappa shape index (κ1) is 17.5. The van der Waals surface area contributed by atoms with E-state index < -0.39 is 11.7 Å². The summed E-state index contributed by atoms with van der Waals surface area (Å²) in [6.45, 7) is 7.43. The molecule has 1 heterocycles. The Labute approximate surface area is 140 Å². The summed E-state index contributed by atoms with van der Waals surface area (Å²) in [5, 5.41) is 2.52. The molecular formula is C18H20FN3O2. The van der Waals surface area contributed by atoms with E-state index in [1.165, 1.54) is 12.1 Å². The van der Waals surface area contributed by atoms with Gasteiger partial charge in [-0.2, -0.15) is 0 Å². The number of ether oxygens (including phenoxy) is 1. The quantitative estimate of drug-likeness (QED) is 0.627. The van der Waals surface area contributed by atoms with Gasteiger partial charge in [-0.1, -0.05) is 12.1 Å². The third-order valence-electron chi connectivity index (χ3n) is 3.39. The van der Waals surface area contributed by atoms with Crippen molar-refractivity contribution in [3.63, 3.8) is 0 Å². The van der Waals surface area contributed by atoms with Crippen LogP contribution in [0.1, 0.15) is 28.0 Å². The monoisotopic (exact) mass is 329 g/mol. The maximum absolute atomic E-state index is 14.4. The summed E-state index contributed by atoms with van der Waals surface area (Å²) in [6.07, 6.45) is 2.28. The van der Waals surface area contributed by atoms with E-state index in [1.54, 1.807) is 32.1 Å². The van der Waals surface area contributed by atoms with Crippen LogP contribution >= 0.6 is 0 Å². The maximum Gasteiger partial charge on any atom is 0.259 e. The number of nitrogens with zero attached hydrogens (tertiary/aromatic N) is 1. The minimum absolute atomic E-state index is 0.0236. The van der Waals surface area contributed by atoms with Crippen LogP contribution in [0.4, 0.5) is 15.9 Å². The van der Waals surface area contributed by atoms with E-state index in [4.69, 9.17) is 10.5 Å². The molecule has 24 heavy (non-hydrogen) atoms. The number of amides is 1. The average Bonchev–Trinajstić information content (AvgIpc) is 2.50. The lowest BCUT2D eigenvalue weighted by molar-refractivity contribution is 0.102. The van der Waals surface area contributed by atoms with Crippen molar-refractivity contribution >= 4 is 17.4 Å². The first-order valence-electron chi connectivity index (χ1n) is 7.51. The van der Waals surface area contributed by atoms with Gasteiger partial charge in [0.25, 0.3) is 5.91 Å². The molecule has 0 radical (unpaired) electrons. The Kier molecular flexibility index (Phi) is 5.52.